The molecule has 0 fully saturated rings. The van der Waals surface area contributed by atoms with Crippen LogP contribution in [0.2, 0.25) is 0 Å². The molecule has 1 radical (unpaired) electrons. The first-order chi connectivity index (χ1) is 3.93. The Bertz CT molecular complexity index is 128. The standard InChI is InChI=1S/C5H6NO2/c6-8-5-2-1-3-7-4-5/h1-4H,6H2. The van der Waals surface area contributed by atoms with Crippen molar-refractivity contribution in [2.45, 2.75) is 0 Å². The Hall–Kier alpha value is -0.960. The molecule has 8 heavy (non-hydrogen) atoms. The SMILES string of the molecule is NOC1=CC=CO[CH]1. The first-order valence-electron chi connectivity index (χ1n) is 2.16. The molecule has 1 aliphatic heterocycles. The normalized spacial score (nSPS) is 16.9. The van der Waals surface area contributed by atoms with Crippen molar-refractivity contribution in [2.75, 3.05) is 0 Å². The molecule has 0 aliphatic carbocycles. The number of allylic oxidation sites excluding steroid dienone is 2. The van der Waals surface area contributed by atoms with Gasteiger partial charge in [-0.1, -0.05) is 0 Å². The zero-order valence-corrected chi connectivity index (χ0v) is 4.20. The van der Waals surface area contributed by atoms with Crippen LogP contribution in [0.1, 0.15) is 0 Å². The second-order valence-corrected chi connectivity index (χ2v) is 1.27. The first-order valence-corrected chi connectivity index (χ1v) is 2.16. The largest absolute Gasteiger partial charge is 0.486 e. The first kappa shape index (κ1) is 5.18. The minimum absolute atomic E-state index is 0.521. The van der Waals surface area contributed by atoms with Crippen molar-refractivity contribution >= 4 is 0 Å². The van der Waals surface area contributed by atoms with Crippen LogP contribution in [0, 0.1) is 6.61 Å². The predicted molar refractivity (Wildman–Crippen MR) is 27.9 cm³/mol. The van der Waals surface area contributed by atoms with Crippen LogP contribution in [-0.4, -0.2) is 0 Å². The monoisotopic (exact) mass is 112 g/mol. The molecule has 2 N–H and O–H groups in total. The van der Waals surface area contributed by atoms with Gasteiger partial charge < -0.3 is 9.57 Å². The molecule has 0 unspecified atom stereocenters. The lowest BCUT2D eigenvalue weighted by Crippen LogP contribution is -2.01. The molecule has 0 bridgehead atoms. The summed E-state index contributed by atoms with van der Waals surface area (Å²) in [6.07, 6.45) is 4.92. The van der Waals surface area contributed by atoms with Crippen LogP contribution >= 0.6 is 0 Å². The maximum Gasteiger partial charge on any atom is 0.201 e. The number of ether oxygens (including phenoxy) is 1. The summed E-state index contributed by atoms with van der Waals surface area (Å²) in [7, 11) is 0. The zero-order valence-electron chi connectivity index (χ0n) is 4.20. The second kappa shape index (κ2) is 2.37. The summed E-state index contributed by atoms with van der Waals surface area (Å²) in [6.45, 7) is 1.42. The Balaban J connectivity index is 2.50. The molecule has 1 aliphatic rings. The fraction of sp³-hybridized carbons (Fsp3) is 0. The average molecular weight is 112 g/mol. The summed E-state index contributed by atoms with van der Waals surface area (Å²) < 4.78 is 4.69. The Morgan fingerprint density at radius 1 is 1.62 bits per heavy atom. The molecule has 1 heterocycles. The van der Waals surface area contributed by atoms with Gasteiger partial charge in [-0.2, -0.15) is 5.90 Å². The highest BCUT2D eigenvalue weighted by atomic mass is 16.6. The Kier molecular flexibility index (Phi) is 1.54. The van der Waals surface area contributed by atoms with E-state index in [9.17, 15) is 0 Å². The quantitative estimate of drug-likeness (QED) is 0.501. The van der Waals surface area contributed by atoms with Gasteiger partial charge in [0.05, 0.1) is 6.26 Å². The molecule has 0 atom stereocenters. The summed E-state index contributed by atoms with van der Waals surface area (Å²) in [5.74, 6) is 5.31. The van der Waals surface area contributed by atoms with Crippen molar-refractivity contribution in [3.8, 4) is 0 Å². The molecular weight excluding hydrogens is 106 g/mol. The fourth-order valence-corrected chi connectivity index (χ4v) is 0.392. The maximum atomic E-state index is 4.79. The molecule has 3 heteroatoms. The van der Waals surface area contributed by atoms with Gasteiger partial charge in [-0.05, 0) is 12.2 Å². The van der Waals surface area contributed by atoms with Crippen LogP contribution in [-0.2, 0) is 9.57 Å². The Morgan fingerprint density at radius 2 is 2.50 bits per heavy atom. The van der Waals surface area contributed by atoms with E-state index in [4.69, 9.17) is 10.6 Å². The molecule has 0 saturated carbocycles. The minimum atomic E-state index is 0.521. The summed E-state index contributed by atoms with van der Waals surface area (Å²) in [5.41, 5.74) is 0. The van der Waals surface area contributed by atoms with Crippen molar-refractivity contribution < 1.29 is 9.57 Å². The van der Waals surface area contributed by atoms with Crippen molar-refractivity contribution in [3.05, 3.63) is 30.8 Å². The predicted octanol–water partition coefficient (Wildman–Crippen LogP) is 0.466. The van der Waals surface area contributed by atoms with E-state index in [2.05, 4.69) is 4.84 Å². The molecule has 0 aromatic carbocycles. The second-order valence-electron chi connectivity index (χ2n) is 1.27. The van der Waals surface area contributed by atoms with E-state index in [1.165, 1.54) is 12.9 Å². The van der Waals surface area contributed by atoms with Crippen LogP contribution in [0.3, 0.4) is 0 Å². The summed E-state index contributed by atoms with van der Waals surface area (Å²) >= 11 is 0. The molecule has 0 spiro atoms. The lowest BCUT2D eigenvalue weighted by Gasteiger charge is -2.04. The van der Waals surface area contributed by atoms with Crippen LogP contribution in [0.15, 0.2) is 24.2 Å². The van der Waals surface area contributed by atoms with Crippen molar-refractivity contribution in [1.29, 1.82) is 0 Å². The third-order valence-corrected chi connectivity index (χ3v) is 0.738. The lowest BCUT2D eigenvalue weighted by atomic mass is 10.4. The molecule has 3 nitrogen and oxygen atoms in total. The lowest BCUT2D eigenvalue weighted by molar-refractivity contribution is 0.184. The smallest absolute Gasteiger partial charge is 0.201 e. The Morgan fingerprint density at radius 3 is 2.88 bits per heavy atom. The molecular formula is C5H6NO2. The highest BCUT2D eigenvalue weighted by Gasteiger charge is 1.98. The van der Waals surface area contributed by atoms with E-state index in [1.54, 1.807) is 12.2 Å². The van der Waals surface area contributed by atoms with Gasteiger partial charge in [0.25, 0.3) is 0 Å². The maximum absolute atomic E-state index is 4.79. The highest BCUT2D eigenvalue weighted by Crippen LogP contribution is 2.05. The highest BCUT2D eigenvalue weighted by molar-refractivity contribution is 5.14. The van der Waals surface area contributed by atoms with Crippen LogP contribution in [0.4, 0.5) is 0 Å². The number of rotatable bonds is 1. The minimum Gasteiger partial charge on any atom is -0.486 e. The van der Waals surface area contributed by atoms with E-state index in [0.29, 0.717) is 5.76 Å². The van der Waals surface area contributed by atoms with E-state index in [-0.39, 0.29) is 0 Å². The van der Waals surface area contributed by atoms with Gasteiger partial charge >= 0.3 is 0 Å². The molecule has 43 valence electrons. The molecule has 0 aromatic rings. The van der Waals surface area contributed by atoms with Gasteiger partial charge in [-0.3, -0.25) is 0 Å². The van der Waals surface area contributed by atoms with Crippen molar-refractivity contribution in [2.24, 2.45) is 5.90 Å². The van der Waals surface area contributed by atoms with Crippen LogP contribution in [0.5, 0.6) is 0 Å². The fourth-order valence-electron chi connectivity index (χ4n) is 0.392. The number of hydrogen-bond donors (Lipinski definition) is 1. The third kappa shape index (κ3) is 1.01. The number of hydrogen-bond acceptors (Lipinski definition) is 3. The van der Waals surface area contributed by atoms with Gasteiger partial charge in [-0.15, -0.1) is 0 Å². The summed E-state index contributed by atoms with van der Waals surface area (Å²) in [5, 5.41) is 0. The topological polar surface area (TPSA) is 44.5 Å². The van der Waals surface area contributed by atoms with Crippen molar-refractivity contribution in [1.82, 2.24) is 0 Å². The van der Waals surface area contributed by atoms with Gasteiger partial charge in [0.1, 0.15) is 0 Å². The van der Waals surface area contributed by atoms with E-state index >= 15 is 0 Å². The molecule has 1 rings (SSSR count). The van der Waals surface area contributed by atoms with Gasteiger partial charge in [0, 0.05) is 0 Å². The molecule has 0 aromatic heterocycles. The summed E-state index contributed by atoms with van der Waals surface area (Å²) in [6, 6.07) is 0. The molecule has 0 amide bonds. The summed E-state index contributed by atoms with van der Waals surface area (Å²) in [4.78, 5) is 4.32. The number of nitrogens with two attached hydrogens (primary N) is 1. The van der Waals surface area contributed by atoms with Gasteiger partial charge in [-0.25, -0.2) is 0 Å². The average Bonchev–Trinajstić information content (AvgIpc) is 1.90. The third-order valence-electron chi connectivity index (χ3n) is 0.738. The van der Waals surface area contributed by atoms with Crippen molar-refractivity contribution in [3.63, 3.8) is 0 Å². The Labute approximate surface area is 47.3 Å². The van der Waals surface area contributed by atoms with E-state index < -0.39 is 0 Å². The van der Waals surface area contributed by atoms with E-state index in [0.717, 1.165) is 0 Å². The zero-order chi connectivity index (χ0) is 5.82. The van der Waals surface area contributed by atoms with Gasteiger partial charge in [0.15, 0.2) is 5.76 Å². The van der Waals surface area contributed by atoms with Crippen LogP contribution < -0.4 is 5.90 Å². The van der Waals surface area contributed by atoms with E-state index in [1.807, 2.05) is 0 Å². The van der Waals surface area contributed by atoms with Crippen LogP contribution in [0.25, 0.3) is 0 Å². The molecule has 0 saturated heterocycles. The van der Waals surface area contributed by atoms with Gasteiger partial charge in [0.2, 0.25) is 6.61 Å².